The van der Waals surface area contributed by atoms with Gasteiger partial charge in [0.1, 0.15) is 0 Å². The van der Waals surface area contributed by atoms with Crippen molar-refractivity contribution < 1.29 is 0 Å². The van der Waals surface area contributed by atoms with E-state index in [1.54, 1.807) is 12.4 Å². The third-order valence-corrected chi connectivity index (χ3v) is 1.04. The fourth-order valence-electron chi connectivity index (χ4n) is 0.634. The van der Waals surface area contributed by atoms with Crippen molar-refractivity contribution in [2.24, 2.45) is 5.84 Å². The normalized spacial score (nSPS) is 8.20. The second kappa shape index (κ2) is 4.09. The number of pyridine rings is 1. The molecule has 0 atom stereocenters. The van der Waals surface area contributed by atoms with Crippen LogP contribution < -0.4 is 11.3 Å². The van der Waals surface area contributed by atoms with Gasteiger partial charge in [0.2, 0.25) is 0 Å². The molecule has 0 bridgehead atoms. The summed E-state index contributed by atoms with van der Waals surface area (Å²) in [5.74, 6) is 5.13. The number of hydrazine groups is 1. The van der Waals surface area contributed by atoms with Gasteiger partial charge in [-0.1, -0.05) is 0 Å². The monoisotopic (exact) mass is 159 g/mol. The number of nitrogens with one attached hydrogen (secondary N) is 1. The Balaban J connectivity index is 0.000000810. The summed E-state index contributed by atoms with van der Waals surface area (Å²) in [7, 11) is 0. The van der Waals surface area contributed by atoms with E-state index in [-0.39, 0.29) is 12.4 Å². The van der Waals surface area contributed by atoms with Gasteiger partial charge in [0, 0.05) is 6.20 Å². The minimum atomic E-state index is 0. The number of halogens is 1. The number of aryl methyl sites for hydroxylation is 1. The molecule has 56 valence electrons. The van der Waals surface area contributed by atoms with Crippen LogP contribution in [-0.2, 0) is 0 Å². The first-order chi connectivity index (χ1) is 4.33. The molecule has 0 saturated heterocycles. The Morgan fingerprint density at radius 3 is 2.60 bits per heavy atom. The van der Waals surface area contributed by atoms with Gasteiger partial charge in [-0.05, 0) is 18.6 Å². The lowest BCUT2D eigenvalue weighted by molar-refractivity contribution is 1.23. The summed E-state index contributed by atoms with van der Waals surface area (Å²) >= 11 is 0. The first kappa shape index (κ1) is 9.20. The van der Waals surface area contributed by atoms with Gasteiger partial charge in [-0.3, -0.25) is 10.8 Å². The smallest absolute Gasteiger partial charge is 0.0671 e. The average molecular weight is 160 g/mol. The number of nitrogen functional groups attached to an aromatic ring is 1. The van der Waals surface area contributed by atoms with Crippen molar-refractivity contribution in [2.75, 3.05) is 5.43 Å². The van der Waals surface area contributed by atoms with Gasteiger partial charge in [0.15, 0.2) is 0 Å². The summed E-state index contributed by atoms with van der Waals surface area (Å²) < 4.78 is 0. The number of rotatable bonds is 1. The fraction of sp³-hybridized carbons (Fsp3) is 0.167. The van der Waals surface area contributed by atoms with Gasteiger partial charge < -0.3 is 5.43 Å². The van der Waals surface area contributed by atoms with E-state index in [0.29, 0.717) is 0 Å². The van der Waals surface area contributed by atoms with Gasteiger partial charge in [-0.2, -0.15) is 0 Å². The van der Waals surface area contributed by atoms with Crippen molar-refractivity contribution >= 4 is 18.1 Å². The van der Waals surface area contributed by atoms with Gasteiger partial charge in [0.05, 0.1) is 11.9 Å². The maximum atomic E-state index is 5.13. The van der Waals surface area contributed by atoms with Crippen molar-refractivity contribution in [3.63, 3.8) is 0 Å². The summed E-state index contributed by atoms with van der Waals surface area (Å²) in [5, 5.41) is 0. The Morgan fingerprint density at radius 2 is 2.20 bits per heavy atom. The van der Waals surface area contributed by atoms with Crippen LogP contribution in [0.2, 0.25) is 0 Å². The first-order valence-electron chi connectivity index (χ1n) is 2.71. The summed E-state index contributed by atoms with van der Waals surface area (Å²) in [5.41, 5.74) is 4.45. The summed E-state index contributed by atoms with van der Waals surface area (Å²) in [4.78, 5) is 3.91. The van der Waals surface area contributed by atoms with Crippen LogP contribution in [0.15, 0.2) is 18.5 Å². The van der Waals surface area contributed by atoms with E-state index in [2.05, 4.69) is 10.4 Å². The van der Waals surface area contributed by atoms with Crippen LogP contribution >= 0.6 is 12.4 Å². The maximum absolute atomic E-state index is 5.13. The molecule has 10 heavy (non-hydrogen) atoms. The Labute approximate surface area is 66.0 Å². The van der Waals surface area contributed by atoms with Crippen molar-refractivity contribution in [3.05, 3.63) is 24.0 Å². The fourth-order valence-corrected chi connectivity index (χ4v) is 0.634. The molecule has 0 amide bonds. The van der Waals surface area contributed by atoms with Crippen LogP contribution in [0.5, 0.6) is 0 Å². The molecule has 0 unspecified atom stereocenters. The van der Waals surface area contributed by atoms with Crippen LogP contribution in [0.25, 0.3) is 0 Å². The number of hydrogen-bond acceptors (Lipinski definition) is 3. The molecular weight excluding hydrogens is 150 g/mol. The molecule has 4 heteroatoms. The summed E-state index contributed by atoms with van der Waals surface area (Å²) in [6.45, 7) is 1.97. The topological polar surface area (TPSA) is 50.9 Å². The number of aromatic nitrogens is 1. The van der Waals surface area contributed by atoms with Crippen LogP contribution in [0.4, 0.5) is 5.69 Å². The van der Waals surface area contributed by atoms with Crippen molar-refractivity contribution in [1.29, 1.82) is 0 Å². The van der Waals surface area contributed by atoms with E-state index in [0.717, 1.165) is 11.3 Å². The zero-order valence-electron chi connectivity index (χ0n) is 5.66. The van der Waals surface area contributed by atoms with Crippen LogP contribution in [0, 0.1) is 6.92 Å². The Kier molecular flexibility index (Phi) is 3.76. The molecule has 0 aliphatic rings. The highest BCUT2D eigenvalue weighted by Gasteiger charge is 1.86. The highest BCUT2D eigenvalue weighted by atomic mass is 35.5. The molecule has 0 radical (unpaired) electrons. The predicted octanol–water partition coefficient (Wildman–Crippen LogP) is 1.10. The lowest BCUT2D eigenvalue weighted by atomic mass is 10.3. The van der Waals surface area contributed by atoms with E-state index in [1.807, 2.05) is 13.0 Å². The number of hydrogen-bond donors (Lipinski definition) is 2. The molecule has 1 heterocycles. The SMILES string of the molecule is Cc1cncc(NN)c1.Cl. The minimum absolute atomic E-state index is 0. The average Bonchev–Trinajstić information content (AvgIpc) is 1.88. The molecular formula is C6H10ClN3. The van der Waals surface area contributed by atoms with E-state index in [1.165, 1.54) is 0 Å². The van der Waals surface area contributed by atoms with Gasteiger partial charge in [0.25, 0.3) is 0 Å². The predicted molar refractivity (Wildman–Crippen MR) is 44.0 cm³/mol. The number of nitrogens with zero attached hydrogens (tertiary/aromatic N) is 1. The Morgan fingerprint density at radius 1 is 1.50 bits per heavy atom. The number of nitrogens with two attached hydrogens (primary N) is 1. The lowest BCUT2D eigenvalue weighted by Gasteiger charge is -1.97. The lowest BCUT2D eigenvalue weighted by Crippen LogP contribution is -2.06. The summed E-state index contributed by atoms with van der Waals surface area (Å²) in [6.07, 6.45) is 3.45. The van der Waals surface area contributed by atoms with Gasteiger partial charge >= 0.3 is 0 Å². The standard InChI is InChI=1S/C6H9N3.ClH/c1-5-2-6(9-7)4-8-3-5;/h2-4,9H,7H2,1H3;1H. The van der Waals surface area contributed by atoms with Crippen molar-refractivity contribution in [3.8, 4) is 0 Å². The van der Waals surface area contributed by atoms with Crippen molar-refractivity contribution in [1.82, 2.24) is 4.98 Å². The van der Waals surface area contributed by atoms with Gasteiger partial charge in [-0.25, -0.2) is 0 Å². The third-order valence-electron chi connectivity index (χ3n) is 1.04. The molecule has 0 aliphatic heterocycles. The van der Waals surface area contributed by atoms with Crippen molar-refractivity contribution in [2.45, 2.75) is 6.92 Å². The van der Waals surface area contributed by atoms with Crippen LogP contribution in [0.3, 0.4) is 0 Å². The molecule has 1 rings (SSSR count). The molecule has 0 fully saturated rings. The van der Waals surface area contributed by atoms with Crippen LogP contribution in [-0.4, -0.2) is 4.98 Å². The molecule has 1 aromatic heterocycles. The zero-order valence-corrected chi connectivity index (χ0v) is 6.48. The Hall–Kier alpha value is -0.800. The third kappa shape index (κ3) is 2.21. The minimum Gasteiger partial charge on any atom is -0.323 e. The first-order valence-corrected chi connectivity index (χ1v) is 2.71. The highest BCUT2D eigenvalue weighted by Crippen LogP contribution is 2.03. The molecule has 0 aliphatic carbocycles. The van der Waals surface area contributed by atoms with E-state index < -0.39 is 0 Å². The zero-order chi connectivity index (χ0) is 6.69. The second-order valence-electron chi connectivity index (χ2n) is 1.90. The van der Waals surface area contributed by atoms with E-state index in [4.69, 9.17) is 5.84 Å². The maximum Gasteiger partial charge on any atom is 0.0671 e. The Bertz CT molecular complexity index is 202. The number of anilines is 1. The van der Waals surface area contributed by atoms with Crippen LogP contribution in [0.1, 0.15) is 5.56 Å². The molecule has 3 N–H and O–H groups in total. The quantitative estimate of drug-likeness (QED) is 0.477. The largest absolute Gasteiger partial charge is 0.323 e. The van der Waals surface area contributed by atoms with E-state index in [9.17, 15) is 0 Å². The summed E-state index contributed by atoms with van der Waals surface area (Å²) in [6, 6.07) is 1.92. The van der Waals surface area contributed by atoms with Gasteiger partial charge in [-0.15, -0.1) is 12.4 Å². The highest BCUT2D eigenvalue weighted by molar-refractivity contribution is 5.85. The second-order valence-corrected chi connectivity index (χ2v) is 1.90. The molecule has 1 aromatic rings. The molecule has 0 spiro atoms. The molecule has 0 aromatic carbocycles. The molecule has 3 nitrogen and oxygen atoms in total. The van der Waals surface area contributed by atoms with E-state index >= 15 is 0 Å². The molecule has 0 saturated carbocycles.